The van der Waals surface area contributed by atoms with Crippen LogP contribution in [0.15, 0.2) is 18.3 Å². The first kappa shape index (κ1) is 14.3. The van der Waals surface area contributed by atoms with Crippen LogP contribution in [-0.4, -0.2) is 28.9 Å². The van der Waals surface area contributed by atoms with E-state index in [1.54, 1.807) is 6.20 Å². The van der Waals surface area contributed by atoms with Crippen LogP contribution in [0.3, 0.4) is 0 Å². The number of nitrogens with two attached hydrogens (primary N) is 1. The average molecular weight is 303 g/mol. The molecule has 0 radical (unpaired) electrons. The van der Waals surface area contributed by atoms with E-state index in [9.17, 15) is 4.79 Å². The van der Waals surface area contributed by atoms with Gasteiger partial charge in [0.05, 0.1) is 10.4 Å². The van der Waals surface area contributed by atoms with Crippen LogP contribution in [0.5, 0.6) is 0 Å². The smallest absolute Gasteiger partial charge is 0.266 e. The zero-order chi connectivity index (χ0) is 14.8. The van der Waals surface area contributed by atoms with Crippen molar-refractivity contribution in [2.45, 2.75) is 32.6 Å². The number of hydrogen-bond donors (Lipinski definition) is 1. The summed E-state index contributed by atoms with van der Waals surface area (Å²) >= 11 is 1.46. The van der Waals surface area contributed by atoms with Crippen molar-refractivity contribution in [3.8, 4) is 0 Å². The molecular weight excluding hydrogens is 282 g/mol. The number of anilines is 1. The Hall–Kier alpha value is -1.62. The number of fused-ring (bicyclic) bond motifs is 1. The SMILES string of the molecule is CCC1CCCN(C(=O)c2sc3cccnc3c2N)CC1. The molecule has 1 fully saturated rings. The van der Waals surface area contributed by atoms with Gasteiger partial charge in [-0.05, 0) is 37.3 Å². The highest BCUT2D eigenvalue weighted by Crippen LogP contribution is 2.33. The summed E-state index contributed by atoms with van der Waals surface area (Å²) in [7, 11) is 0. The van der Waals surface area contributed by atoms with Gasteiger partial charge in [0, 0.05) is 19.3 Å². The maximum absolute atomic E-state index is 12.8. The fourth-order valence-corrected chi connectivity index (χ4v) is 4.08. The molecule has 0 aliphatic carbocycles. The van der Waals surface area contributed by atoms with Gasteiger partial charge in [0.15, 0.2) is 0 Å². The van der Waals surface area contributed by atoms with E-state index in [4.69, 9.17) is 5.73 Å². The van der Waals surface area contributed by atoms with Crippen molar-refractivity contribution in [1.82, 2.24) is 9.88 Å². The highest BCUT2D eigenvalue weighted by Gasteiger charge is 2.24. The lowest BCUT2D eigenvalue weighted by Gasteiger charge is -2.20. The molecule has 1 unspecified atom stereocenters. The molecular formula is C16H21N3OS. The largest absolute Gasteiger partial charge is 0.396 e. The molecule has 3 heterocycles. The molecule has 0 aromatic carbocycles. The second-order valence-electron chi connectivity index (χ2n) is 5.69. The third kappa shape index (κ3) is 2.75. The van der Waals surface area contributed by atoms with Crippen LogP contribution in [0.25, 0.3) is 10.2 Å². The Balaban J connectivity index is 1.85. The maximum atomic E-state index is 12.8. The molecule has 0 saturated carbocycles. The van der Waals surface area contributed by atoms with E-state index in [-0.39, 0.29) is 5.91 Å². The van der Waals surface area contributed by atoms with Crippen molar-refractivity contribution in [2.24, 2.45) is 5.92 Å². The van der Waals surface area contributed by atoms with Gasteiger partial charge in [0.25, 0.3) is 5.91 Å². The quantitative estimate of drug-likeness (QED) is 0.923. The van der Waals surface area contributed by atoms with Crippen LogP contribution in [-0.2, 0) is 0 Å². The van der Waals surface area contributed by atoms with Gasteiger partial charge in [-0.3, -0.25) is 9.78 Å². The Morgan fingerprint density at radius 3 is 3.10 bits per heavy atom. The molecule has 1 atom stereocenters. The first-order valence-corrected chi connectivity index (χ1v) is 8.44. The third-order valence-corrected chi connectivity index (χ3v) is 5.54. The summed E-state index contributed by atoms with van der Waals surface area (Å²) in [5.74, 6) is 0.830. The topological polar surface area (TPSA) is 59.2 Å². The fraction of sp³-hybridized carbons (Fsp3) is 0.500. The fourth-order valence-electron chi connectivity index (χ4n) is 3.03. The summed E-state index contributed by atoms with van der Waals surface area (Å²) in [4.78, 5) is 19.7. The minimum atomic E-state index is 0.0762. The van der Waals surface area contributed by atoms with Crippen molar-refractivity contribution >= 4 is 33.1 Å². The maximum Gasteiger partial charge on any atom is 0.266 e. The molecule has 1 amide bonds. The van der Waals surface area contributed by atoms with Crippen LogP contribution in [0.4, 0.5) is 5.69 Å². The molecule has 2 aromatic heterocycles. The van der Waals surface area contributed by atoms with Crippen molar-refractivity contribution in [3.63, 3.8) is 0 Å². The van der Waals surface area contributed by atoms with Crippen LogP contribution in [0, 0.1) is 5.92 Å². The lowest BCUT2D eigenvalue weighted by atomic mass is 9.98. The molecule has 3 rings (SSSR count). The number of hydrogen-bond acceptors (Lipinski definition) is 4. The lowest BCUT2D eigenvalue weighted by Crippen LogP contribution is -2.31. The van der Waals surface area contributed by atoms with Crippen LogP contribution < -0.4 is 5.73 Å². The van der Waals surface area contributed by atoms with E-state index in [1.165, 1.54) is 24.2 Å². The molecule has 21 heavy (non-hydrogen) atoms. The highest BCUT2D eigenvalue weighted by molar-refractivity contribution is 7.21. The van der Waals surface area contributed by atoms with Gasteiger partial charge in [0.2, 0.25) is 0 Å². The minimum Gasteiger partial charge on any atom is -0.396 e. The Bertz CT molecular complexity index is 652. The van der Waals surface area contributed by atoms with E-state index >= 15 is 0 Å². The van der Waals surface area contributed by atoms with Crippen LogP contribution in [0.1, 0.15) is 42.3 Å². The summed E-state index contributed by atoms with van der Waals surface area (Å²) < 4.78 is 0.986. The van der Waals surface area contributed by atoms with Gasteiger partial charge < -0.3 is 10.6 Å². The van der Waals surface area contributed by atoms with Gasteiger partial charge in [-0.2, -0.15) is 0 Å². The molecule has 112 valence electrons. The molecule has 4 nitrogen and oxygen atoms in total. The molecule has 0 bridgehead atoms. The van der Waals surface area contributed by atoms with Crippen molar-refractivity contribution in [1.29, 1.82) is 0 Å². The van der Waals surface area contributed by atoms with Gasteiger partial charge in [-0.25, -0.2) is 0 Å². The van der Waals surface area contributed by atoms with Crippen molar-refractivity contribution in [3.05, 3.63) is 23.2 Å². The van der Waals surface area contributed by atoms with Crippen LogP contribution >= 0.6 is 11.3 Å². The predicted molar refractivity (Wildman–Crippen MR) is 87.6 cm³/mol. The Kier molecular flexibility index (Phi) is 4.10. The second kappa shape index (κ2) is 6.02. The zero-order valence-corrected chi connectivity index (χ0v) is 13.2. The monoisotopic (exact) mass is 303 g/mol. The van der Waals surface area contributed by atoms with E-state index in [1.807, 2.05) is 17.0 Å². The second-order valence-corrected chi connectivity index (χ2v) is 6.74. The van der Waals surface area contributed by atoms with Crippen molar-refractivity contribution < 1.29 is 4.79 Å². The number of amides is 1. The molecule has 5 heteroatoms. The van der Waals surface area contributed by atoms with Crippen LogP contribution in [0.2, 0.25) is 0 Å². The predicted octanol–water partition coefficient (Wildman–Crippen LogP) is 3.53. The number of carbonyl (C=O) groups is 1. The number of likely N-dealkylation sites (tertiary alicyclic amines) is 1. The highest BCUT2D eigenvalue weighted by atomic mass is 32.1. The Morgan fingerprint density at radius 2 is 2.33 bits per heavy atom. The summed E-state index contributed by atoms with van der Waals surface area (Å²) in [6, 6.07) is 3.85. The standard InChI is InChI=1S/C16H21N3OS/c1-2-11-5-4-9-19(10-7-11)16(20)15-13(17)14-12(21-15)6-3-8-18-14/h3,6,8,11H,2,4-5,7,9-10,17H2,1H3. The zero-order valence-electron chi connectivity index (χ0n) is 12.3. The van der Waals surface area contributed by atoms with E-state index in [0.29, 0.717) is 10.6 Å². The van der Waals surface area contributed by atoms with Gasteiger partial charge in [-0.15, -0.1) is 11.3 Å². The third-order valence-electron chi connectivity index (χ3n) is 4.39. The molecule has 1 saturated heterocycles. The van der Waals surface area contributed by atoms with E-state index in [2.05, 4.69) is 11.9 Å². The molecule has 0 spiro atoms. The normalized spacial score (nSPS) is 19.7. The molecule has 2 aromatic rings. The Morgan fingerprint density at radius 1 is 1.48 bits per heavy atom. The number of nitrogens with zero attached hydrogens (tertiary/aromatic N) is 2. The number of thiophene rings is 1. The molecule has 1 aliphatic heterocycles. The van der Waals surface area contributed by atoms with E-state index in [0.717, 1.165) is 42.1 Å². The number of nitrogen functional groups attached to an aromatic ring is 1. The number of pyridine rings is 1. The number of rotatable bonds is 2. The average Bonchev–Trinajstić information content (AvgIpc) is 2.71. The molecule has 2 N–H and O–H groups in total. The molecule has 1 aliphatic rings. The minimum absolute atomic E-state index is 0.0762. The van der Waals surface area contributed by atoms with Crippen molar-refractivity contribution in [2.75, 3.05) is 18.8 Å². The first-order chi connectivity index (χ1) is 10.2. The van der Waals surface area contributed by atoms with E-state index < -0.39 is 0 Å². The summed E-state index contributed by atoms with van der Waals surface area (Å²) in [6.07, 6.45) is 6.34. The van der Waals surface area contributed by atoms with Gasteiger partial charge >= 0.3 is 0 Å². The number of aromatic nitrogens is 1. The van der Waals surface area contributed by atoms with Gasteiger partial charge in [-0.1, -0.05) is 13.3 Å². The summed E-state index contributed by atoms with van der Waals surface area (Å²) in [6.45, 7) is 3.92. The summed E-state index contributed by atoms with van der Waals surface area (Å²) in [5, 5.41) is 0. The summed E-state index contributed by atoms with van der Waals surface area (Å²) in [5.41, 5.74) is 7.43. The van der Waals surface area contributed by atoms with Gasteiger partial charge in [0.1, 0.15) is 10.4 Å². The number of carbonyl (C=O) groups excluding carboxylic acids is 1. The lowest BCUT2D eigenvalue weighted by molar-refractivity contribution is 0.0766. The Labute approximate surface area is 129 Å². The first-order valence-electron chi connectivity index (χ1n) is 7.63.